The number of benzene rings is 2. The molecule has 0 radical (unpaired) electrons. The lowest BCUT2D eigenvalue weighted by Gasteiger charge is -2.12. The van der Waals surface area contributed by atoms with E-state index in [1.165, 1.54) is 6.08 Å². The van der Waals surface area contributed by atoms with Crippen LogP contribution in [0.1, 0.15) is 11.1 Å². The van der Waals surface area contributed by atoms with E-state index < -0.39 is 0 Å². The number of nitrogens with one attached hydrogen (secondary N) is 1. The molecule has 0 unspecified atom stereocenters. The van der Waals surface area contributed by atoms with Crippen molar-refractivity contribution in [3.8, 4) is 17.2 Å². The van der Waals surface area contributed by atoms with Crippen molar-refractivity contribution in [2.24, 2.45) is 0 Å². The Morgan fingerprint density at radius 3 is 2.67 bits per heavy atom. The predicted octanol–water partition coefficient (Wildman–Crippen LogP) is 3.22. The molecule has 0 fully saturated rings. The number of hydrogen-bond donors (Lipinski definition) is 1. The third-order valence-electron chi connectivity index (χ3n) is 3.99. The molecule has 0 aliphatic heterocycles. The molecule has 1 amide bonds. The molecule has 3 aromatic rings. The van der Waals surface area contributed by atoms with E-state index in [1.807, 2.05) is 54.7 Å². The van der Waals surface area contributed by atoms with Crippen LogP contribution in [0.5, 0.6) is 11.5 Å². The van der Waals surface area contributed by atoms with E-state index in [0.717, 1.165) is 16.8 Å². The van der Waals surface area contributed by atoms with Gasteiger partial charge in [0.2, 0.25) is 5.91 Å². The zero-order valence-electron chi connectivity index (χ0n) is 15.3. The summed E-state index contributed by atoms with van der Waals surface area (Å²) in [5.41, 5.74) is 2.65. The molecule has 2 aromatic carbocycles. The zero-order chi connectivity index (χ0) is 19.1. The first-order chi connectivity index (χ1) is 13.2. The minimum Gasteiger partial charge on any atom is -0.493 e. The molecule has 138 valence electrons. The highest BCUT2D eigenvalue weighted by Crippen LogP contribution is 2.30. The molecule has 0 saturated heterocycles. The van der Waals surface area contributed by atoms with Crippen LogP contribution in [0.15, 0.2) is 67.0 Å². The first-order valence-electron chi connectivity index (χ1n) is 8.47. The van der Waals surface area contributed by atoms with Crippen molar-refractivity contribution in [3.05, 3.63) is 78.1 Å². The van der Waals surface area contributed by atoms with Crippen molar-refractivity contribution in [1.29, 1.82) is 0 Å². The first kappa shape index (κ1) is 18.3. The maximum Gasteiger partial charge on any atom is 0.244 e. The number of rotatable bonds is 7. The van der Waals surface area contributed by atoms with Crippen LogP contribution in [-0.4, -0.2) is 29.9 Å². The number of nitrogens with zero attached hydrogens (tertiary/aromatic N) is 2. The Hall–Kier alpha value is -3.54. The summed E-state index contributed by atoms with van der Waals surface area (Å²) in [5, 5.41) is 7.15. The number of aromatic nitrogens is 2. The van der Waals surface area contributed by atoms with Gasteiger partial charge in [0.15, 0.2) is 11.5 Å². The van der Waals surface area contributed by atoms with Crippen LogP contribution in [0.2, 0.25) is 0 Å². The second-order valence-corrected chi connectivity index (χ2v) is 5.76. The maximum atomic E-state index is 12.1. The van der Waals surface area contributed by atoms with Crippen molar-refractivity contribution < 1.29 is 14.3 Å². The van der Waals surface area contributed by atoms with Crippen LogP contribution in [-0.2, 0) is 11.3 Å². The van der Waals surface area contributed by atoms with E-state index in [0.29, 0.717) is 18.0 Å². The Bertz CT molecular complexity index is 933. The zero-order valence-corrected chi connectivity index (χ0v) is 15.3. The summed E-state index contributed by atoms with van der Waals surface area (Å²) in [5.74, 6) is 1.05. The van der Waals surface area contributed by atoms with Crippen molar-refractivity contribution in [2.45, 2.75) is 6.54 Å². The summed E-state index contributed by atoms with van der Waals surface area (Å²) >= 11 is 0. The fourth-order valence-corrected chi connectivity index (χ4v) is 2.65. The van der Waals surface area contributed by atoms with Crippen LogP contribution < -0.4 is 14.8 Å². The highest BCUT2D eigenvalue weighted by atomic mass is 16.5. The van der Waals surface area contributed by atoms with Gasteiger partial charge in [0, 0.05) is 29.9 Å². The lowest BCUT2D eigenvalue weighted by atomic mass is 10.2. The summed E-state index contributed by atoms with van der Waals surface area (Å²) < 4.78 is 12.4. The number of amides is 1. The van der Waals surface area contributed by atoms with E-state index in [1.54, 1.807) is 31.2 Å². The van der Waals surface area contributed by atoms with Crippen LogP contribution in [0.3, 0.4) is 0 Å². The lowest BCUT2D eigenvalue weighted by Crippen LogP contribution is -2.20. The van der Waals surface area contributed by atoms with Gasteiger partial charge in [0.05, 0.1) is 26.1 Å². The van der Waals surface area contributed by atoms with Crippen molar-refractivity contribution >= 4 is 12.0 Å². The second-order valence-electron chi connectivity index (χ2n) is 5.76. The Kier molecular flexibility index (Phi) is 5.89. The molecule has 0 spiro atoms. The van der Waals surface area contributed by atoms with E-state index in [2.05, 4.69) is 10.4 Å². The highest BCUT2D eigenvalue weighted by molar-refractivity contribution is 5.91. The standard InChI is InChI=1S/C21H21N3O3/c1-26-19-10-6-7-17(21(19)27-2)14-22-20(25)12-11-16-13-23-24(15-16)18-8-4-3-5-9-18/h3-13,15H,14H2,1-2H3,(H,22,25)/b12-11+. The van der Waals surface area contributed by atoms with Gasteiger partial charge in [-0.05, 0) is 24.3 Å². The Morgan fingerprint density at radius 1 is 1.11 bits per heavy atom. The van der Waals surface area contributed by atoms with Gasteiger partial charge in [-0.2, -0.15) is 5.10 Å². The molecular weight excluding hydrogens is 342 g/mol. The molecule has 0 saturated carbocycles. The number of carbonyl (C=O) groups excluding carboxylic acids is 1. The average molecular weight is 363 g/mol. The van der Waals surface area contributed by atoms with E-state index >= 15 is 0 Å². The topological polar surface area (TPSA) is 65.4 Å². The number of hydrogen-bond acceptors (Lipinski definition) is 4. The highest BCUT2D eigenvalue weighted by Gasteiger charge is 2.09. The second kappa shape index (κ2) is 8.71. The number of carbonyl (C=O) groups is 1. The van der Waals surface area contributed by atoms with Crippen molar-refractivity contribution in [3.63, 3.8) is 0 Å². The summed E-state index contributed by atoms with van der Waals surface area (Å²) in [6.07, 6.45) is 6.79. The smallest absolute Gasteiger partial charge is 0.244 e. The predicted molar refractivity (Wildman–Crippen MR) is 104 cm³/mol. The molecule has 6 nitrogen and oxygen atoms in total. The summed E-state index contributed by atoms with van der Waals surface area (Å²) in [6, 6.07) is 15.3. The van der Waals surface area contributed by atoms with Crippen molar-refractivity contribution in [1.82, 2.24) is 15.1 Å². The number of ether oxygens (including phenoxy) is 2. The van der Waals surface area contributed by atoms with Gasteiger partial charge in [-0.25, -0.2) is 4.68 Å². The Balaban J connectivity index is 1.61. The Labute approximate surface area is 158 Å². The van der Waals surface area contributed by atoms with Crippen LogP contribution in [0.4, 0.5) is 0 Å². The third kappa shape index (κ3) is 4.55. The van der Waals surface area contributed by atoms with E-state index in [-0.39, 0.29) is 5.91 Å². The van der Waals surface area contributed by atoms with Gasteiger partial charge in [-0.15, -0.1) is 0 Å². The lowest BCUT2D eigenvalue weighted by molar-refractivity contribution is -0.116. The molecule has 27 heavy (non-hydrogen) atoms. The van der Waals surface area contributed by atoms with Gasteiger partial charge < -0.3 is 14.8 Å². The molecule has 3 rings (SSSR count). The normalized spacial score (nSPS) is 10.7. The minimum atomic E-state index is -0.202. The third-order valence-corrected chi connectivity index (χ3v) is 3.99. The molecule has 0 aliphatic carbocycles. The largest absolute Gasteiger partial charge is 0.493 e. The quantitative estimate of drug-likeness (QED) is 0.655. The average Bonchev–Trinajstić information content (AvgIpc) is 3.20. The van der Waals surface area contributed by atoms with Gasteiger partial charge >= 0.3 is 0 Å². The SMILES string of the molecule is COc1cccc(CNC(=O)/C=C/c2cnn(-c3ccccc3)c2)c1OC. The molecule has 1 aromatic heterocycles. The number of para-hydroxylation sites is 2. The molecule has 0 aliphatic rings. The maximum absolute atomic E-state index is 12.1. The molecule has 0 atom stereocenters. The van der Waals surface area contributed by atoms with Crippen molar-refractivity contribution in [2.75, 3.05) is 14.2 Å². The number of methoxy groups -OCH3 is 2. The van der Waals surface area contributed by atoms with Gasteiger partial charge in [0.1, 0.15) is 0 Å². The molecule has 0 bridgehead atoms. The van der Waals surface area contributed by atoms with Crippen LogP contribution in [0.25, 0.3) is 11.8 Å². The fraction of sp³-hybridized carbons (Fsp3) is 0.143. The molecule has 1 heterocycles. The molecule has 1 N–H and O–H groups in total. The minimum absolute atomic E-state index is 0.202. The molecule has 6 heteroatoms. The van der Waals surface area contributed by atoms with Crippen LogP contribution >= 0.6 is 0 Å². The van der Waals surface area contributed by atoms with Gasteiger partial charge in [-0.3, -0.25) is 4.79 Å². The summed E-state index contributed by atoms with van der Waals surface area (Å²) in [4.78, 5) is 12.1. The van der Waals surface area contributed by atoms with E-state index in [4.69, 9.17) is 9.47 Å². The Morgan fingerprint density at radius 2 is 1.93 bits per heavy atom. The summed E-state index contributed by atoms with van der Waals surface area (Å²) in [6.45, 7) is 0.340. The molecular formula is C21H21N3O3. The van der Waals surface area contributed by atoms with E-state index in [9.17, 15) is 4.79 Å². The monoisotopic (exact) mass is 363 g/mol. The fourth-order valence-electron chi connectivity index (χ4n) is 2.65. The summed E-state index contributed by atoms with van der Waals surface area (Å²) in [7, 11) is 3.16. The van der Waals surface area contributed by atoms with Gasteiger partial charge in [0.25, 0.3) is 0 Å². The first-order valence-corrected chi connectivity index (χ1v) is 8.47. The van der Waals surface area contributed by atoms with Crippen LogP contribution in [0, 0.1) is 0 Å². The van der Waals surface area contributed by atoms with Gasteiger partial charge in [-0.1, -0.05) is 30.3 Å².